The Kier molecular flexibility index (Phi) is 10.4. The van der Waals surface area contributed by atoms with Crippen LogP contribution in [0.3, 0.4) is 0 Å². The molecule has 0 aliphatic carbocycles. The standard InChI is InChI=1S/C31H43FN3O4P/c32-28(6-2-1-5-24-9-7-21-4-3-14-33-30(21)34-24)22-11-15-35(19-22)29(31(36)37)27-18-26(40)10-8-23(27)20-39-25-12-16-38-17-13-25/h7-10,18,22,25,28-29H,1-6,11-17,19-20,40H2,(H,33,34)(H,36,37)/t22?,28-,29-/m0/s1. The van der Waals surface area contributed by atoms with Crippen LogP contribution in [-0.4, -0.2) is 66.1 Å². The maximum atomic E-state index is 15.3. The van der Waals surface area contributed by atoms with Gasteiger partial charge in [-0.25, -0.2) is 9.37 Å². The fourth-order valence-corrected chi connectivity index (χ4v) is 6.55. The summed E-state index contributed by atoms with van der Waals surface area (Å²) in [5, 5.41) is 14.6. The first-order valence-corrected chi connectivity index (χ1v) is 15.5. The monoisotopic (exact) mass is 571 g/mol. The second kappa shape index (κ2) is 14.2. The Bertz CT molecular complexity index is 1150. The van der Waals surface area contributed by atoms with Gasteiger partial charge in [0.25, 0.3) is 0 Å². The molecule has 3 aliphatic rings. The van der Waals surface area contributed by atoms with Crippen molar-refractivity contribution in [2.45, 2.75) is 82.7 Å². The average molecular weight is 572 g/mol. The van der Waals surface area contributed by atoms with Crippen molar-refractivity contribution in [3.63, 3.8) is 0 Å². The minimum Gasteiger partial charge on any atom is -0.480 e. The molecule has 1 aromatic heterocycles. The molecule has 0 saturated carbocycles. The van der Waals surface area contributed by atoms with Gasteiger partial charge in [-0.2, -0.15) is 0 Å². The molecule has 9 heteroatoms. The third-order valence-electron chi connectivity index (χ3n) is 8.59. The highest BCUT2D eigenvalue weighted by Gasteiger charge is 2.37. The van der Waals surface area contributed by atoms with Crippen LogP contribution in [0.15, 0.2) is 30.3 Å². The van der Waals surface area contributed by atoms with E-state index >= 15 is 4.39 Å². The minimum absolute atomic E-state index is 0.128. The maximum absolute atomic E-state index is 15.3. The number of carbonyl (C=O) groups is 1. The van der Waals surface area contributed by atoms with Crippen LogP contribution < -0.4 is 10.6 Å². The molecule has 2 unspecified atom stereocenters. The largest absolute Gasteiger partial charge is 0.480 e. The number of alkyl halides is 1. The number of fused-ring (bicyclic) bond motifs is 1. The Balaban J connectivity index is 1.14. The van der Waals surface area contributed by atoms with Crippen LogP contribution >= 0.6 is 9.24 Å². The van der Waals surface area contributed by atoms with Gasteiger partial charge in [-0.05, 0) is 92.0 Å². The van der Waals surface area contributed by atoms with Crippen molar-refractivity contribution in [2.75, 3.05) is 38.2 Å². The van der Waals surface area contributed by atoms with Gasteiger partial charge < -0.3 is 19.9 Å². The average Bonchev–Trinajstić information content (AvgIpc) is 3.45. The lowest BCUT2D eigenvalue weighted by molar-refractivity contribution is -0.143. The first-order chi connectivity index (χ1) is 19.5. The van der Waals surface area contributed by atoms with Crippen molar-refractivity contribution >= 4 is 26.3 Å². The van der Waals surface area contributed by atoms with Gasteiger partial charge in [0.15, 0.2) is 0 Å². The van der Waals surface area contributed by atoms with E-state index in [4.69, 9.17) is 14.5 Å². The predicted molar refractivity (Wildman–Crippen MR) is 158 cm³/mol. The van der Waals surface area contributed by atoms with Crippen molar-refractivity contribution in [1.82, 2.24) is 9.88 Å². The topological polar surface area (TPSA) is 83.9 Å². The van der Waals surface area contributed by atoms with Gasteiger partial charge in [0, 0.05) is 37.9 Å². The normalized spacial score (nSPS) is 21.5. The third kappa shape index (κ3) is 7.58. The zero-order valence-electron chi connectivity index (χ0n) is 23.3. The van der Waals surface area contributed by atoms with Crippen molar-refractivity contribution < 1.29 is 23.8 Å². The number of carboxylic acid groups (broad SMARTS) is 1. The lowest BCUT2D eigenvalue weighted by atomic mass is 9.96. The number of halogens is 1. The zero-order valence-corrected chi connectivity index (χ0v) is 24.5. The molecule has 1 aromatic carbocycles. The molecule has 40 heavy (non-hydrogen) atoms. The number of aryl methyl sites for hydroxylation is 2. The van der Waals surface area contributed by atoms with Gasteiger partial charge >= 0.3 is 5.97 Å². The second-order valence-electron chi connectivity index (χ2n) is 11.5. The highest BCUT2D eigenvalue weighted by Crippen LogP contribution is 2.34. The third-order valence-corrected chi connectivity index (χ3v) is 8.95. The Hall–Kier alpha value is -2.12. The molecule has 0 radical (unpaired) electrons. The number of rotatable bonds is 12. The summed E-state index contributed by atoms with van der Waals surface area (Å²) in [7, 11) is 2.66. The molecule has 2 N–H and O–H groups in total. The summed E-state index contributed by atoms with van der Waals surface area (Å²) in [6, 6.07) is 9.32. The van der Waals surface area contributed by atoms with Crippen LogP contribution in [-0.2, 0) is 33.7 Å². The number of carboxylic acids is 1. The van der Waals surface area contributed by atoms with E-state index in [-0.39, 0.29) is 12.0 Å². The summed E-state index contributed by atoms with van der Waals surface area (Å²) >= 11 is 0. The molecule has 2 fully saturated rings. The van der Waals surface area contributed by atoms with E-state index in [1.807, 2.05) is 23.1 Å². The number of hydrogen-bond donors (Lipinski definition) is 2. The minimum atomic E-state index is -0.929. The maximum Gasteiger partial charge on any atom is 0.325 e. The summed E-state index contributed by atoms with van der Waals surface area (Å²) in [6.07, 6.45) is 6.87. The number of hydrogen-bond acceptors (Lipinski definition) is 6. The molecule has 0 spiro atoms. The molecule has 218 valence electrons. The quantitative estimate of drug-likeness (QED) is 0.279. The molecule has 4 heterocycles. The molecule has 3 aliphatic heterocycles. The fraction of sp³-hybridized carbons (Fsp3) is 0.613. The summed E-state index contributed by atoms with van der Waals surface area (Å²) in [5.74, 6) is -0.0308. The van der Waals surface area contributed by atoms with Crippen molar-refractivity contribution in [3.05, 3.63) is 52.7 Å². The van der Waals surface area contributed by atoms with E-state index in [1.54, 1.807) is 0 Å². The first kappa shape index (κ1) is 29.4. The number of aromatic nitrogens is 1. The Labute approximate surface area is 239 Å². The lowest BCUT2D eigenvalue weighted by Gasteiger charge is -2.28. The van der Waals surface area contributed by atoms with Gasteiger partial charge in [-0.1, -0.05) is 24.6 Å². The smallest absolute Gasteiger partial charge is 0.325 e. The molecule has 7 nitrogen and oxygen atoms in total. The van der Waals surface area contributed by atoms with Crippen molar-refractivity contribution in [2.24, 2.45) is 5.92 Å². The molecule has 0 amide bonds. The van der Waals surface area contributed by atoms with E-state index in [0.717, 1.165) is 79.4 Å². The van der Waals surface area contributed by atoms with E-state index < -0.39 is 18.2 Å². The van der Waals surface area contributed by atoms with Crippen LogP contribution in [0.4, 0.5) is 10.2 Å². The van der Waals surface area contributed by atoms with Crippen molar-refractivity contribution in [1.29, 1.82) is 0 Å². The number of benzene rings is 1. The number of nitrogens with zero attached hydrogens (tertiary/aromatic N) is 2. The van der Waals surface area contributed by atoms with Crippen LogP contribution in [0.25, 0.3) is 0 Å². The van der Waals surface area contributed by atoms with Gasteiger partial charge in [0.05, 0.1) is 12.7 Å². The van der Waals surface area contributed by atoms with Crippen LogP contribution in [0.2, 0.25) is 0 Å². The van der Waals surface area contributed by atoms with Gasteiger partial charge in [-0.15, -0.1) is 9.24 Å². The van der Waals surface area contributed by atoms with Gasteiger partial charge in [-0.3, -0.25) is 9.69 Å². The number of aliphatic carboxylic acids is 1. The number of nitrogens with one attached hydrogen (secondary N) is 1. The fourth-order valence-electron chi connectivity index (χ4n) is 6.27. The van der Waals surface area contributed by atoms with Crippen molar-refractivity contribution in [3.8, 4) is 0 Å². The first-order valence-electron chi connectivity index (χ1n) is 14.9. The van der Waals surface area contributed by atoms with Crippen LogP contribution in [0.5, 0.6) is 0 Å². The Morgan fingerprint density at radius 3 is 2.90 bits per heavy atom. The summed E-state index contributed by atoms with van der Waals surface area (Å²) < 4.78 is 26.9. The molecule has 5 rings (SSSR count). The Morgan fingerprint density at radius 2 is 2.08 bits per heavy atom. The van der Waals surface area contributed by atoms with E-state index in [0.29, 0.717) is 45.8 Å². The molecular weight excluding hydrogens is 528 g/mol. The van der Waals surface area contributed by atoms with Crippen LogP contribution in [0, 0.1) is 5.92 Å². The highest BCUT2D eigenvalue weighted by molar-refractivity contribution is 7.27. The second-order valence-corrected chi connectivity index (χ2v) is 12.1. The number of ether oxygens (including phenoxy) is 2. The predicted octanol–water partition coefficient (Wildman–Crippen LogP) is 4.83. The lowest BCUT2D eigenvalue weighted by Crippen LogP contribution is -2.34. The number of anilines is 1. The molecule has 4 atom stereocenters. The number of unbranched alkanes of at least 4 members (excludes halogenated alkanes) is 1. The summed E-state index contributed by atoms with van der Waals surface area (Å²) in [5.41, 5.74) is 3.98. The van der Waals surface area contributed by atoms with Crippen LogP contribution in [0.1, 0.15) is 73.4 Å². The summed E-state index contributed by atoms with van der Waals surface area (Å²) in [6.45, 7) is 3.77. The van der Waals surface area contributed by atoms with Gasteiger partial charge in [0.1, 0.15) is 18.0 Å². The summed E-state index contributed by atoms with van der Waals surface area (Å²) in [4.78, 5) is 19.3. The molecular formula is C31H43FN3O4P. The van der Waals surface area contributed by atoms with Gasteiger partial charge in [0.2, 0.25) is 0 Å². The Morgan fingerprint density at radius 1 is 1.23 bits per heavy atom. The molecule has 2 saturated heterocycles. The number of pyridine rings is 1. The van der Waals surface area contributed by atoms with E-state index in [9.17, 15) is 9.90 Å². The van der Waals surface area contributed by atoms with E-state index in [2.05, 4.69) is 26.7 Å². The number of likely N-dealkylation sites (tertiary alicyclic amines) is 1. The highest BCUT2D eigenvalue weighted by atomic mass is 31.0. The molecule has 2 aromatic rings. The van der Waals surface area contributed by atoms with E-state index in [1.165, 1.54) is 5.56 Å². The molecule has 0 bridgehead atoms. The zero-order chi connectivity index (χ0) is 27.9. The SMILES string of the molecule is O=C(O)[C@H](c1cc(P)ccc1COC1CCOCC1)N1CCC([C@@H](F)CCCCc2ccc3c(n2)NCCC3)C1.